The third kappa shape index (κ3) is 4.34. The quantitative estimate of drug-likeness (QED) is 0.698. The highest BCUT2D eigenvalue weighted by Crippen LogP contribution is 2.29. The van der Waals surface area contributed by atoms with Gasteiger partial charge in [-0.2, -0.15) is 10.2 Å². The highest BCUT2D eigenvalue weighted by Gasteiger charge is 2.25. The maximum Gasteiger partial charge on any atom is 0.267 e. The van der Waals surface area contributed by atoms with Gasteiger partial charge >= 0.3 is 0 Å². The smallest absolute Gasteiger partial charge is 0.267 e. The van der Waals surface area contributed by atoms with E-state index in [-0.39, 0.29) is 11.6 Å². The number of hydrogen-bond donors (Lipinski definition) is 1. The molecule has 0 amide bonds. The molecule has 1 N–H and O–H groups in total. The Kier molecular flexibility index (Phi) is 5.46. The molecule has 4 heterocycles. The number of nitrogens with zero attached hydrogens (tertiary/aromatic N) is 6. The summed E-state index contributed by atoms with van der Waals surface area (Å²) in [6, 6.07) is 9.82. The number of likely N-dealkylation sites (N-methyl/N-ethyl adjacent to an activating group) is 1. The minimum atomic E-state index is -0.0475. The second kappa shape index (κ2) is 8.55. The molecule has 0 spiro atoms. The lowest BCUT2D eigenvalue weighted by molar-refractivity contribution is 0.303. The van der Waals surface area contributed by atoms with Crippen molar-refractivity contribution in [1.82, 2.24) is 29.9 Å². The van der Waals surface area contributed by atoms with E-state index in [1.165, 1.54) is 5.56 Å². The summed E-state index contributed by atoms with van der Waals surface area (Å²) in [5.41, 5.74) is 4.04. The Morgan fingerprint density at radius 3 is 2.77 bits per heavy atom. The molecule has 31 heavy (non-hydrogen) atoms. The van der Waals surface area contributed by atoms with E-state index >= 15 is 0 Å². The van der Waals surface area contributed by atoms with Crippen molar-refractivity contribution in [2.75, 3.05) is 18.9 Å². The Labute approximate surface area is 181 Å². The van der Waals surface area contributed by atoms with Crippen molar-refractivity contribution < 1.29 is 0 Å². The predicted octanol–water partition coefficient (Wildman–Crippen LogP) is 2.68. The van der Waals surface area contributed by atoms with Gasteiger partial charge in [0.1, 0.15) is 5.82 Å². The molecule has 2 aliphatic rings. The standard InChI is InChI=1S/C23H27N7O/c1-29-12-10-20-17(15-29)13-22(27-26-20)25-18-4-6-19(7-5-18)30-23(31)9-8-21(28-30)16-3-2-11-24-14-16/h2-3,8-9,11,13-14,18-19H,4-7,10,12,15H2,1H3,(H,25,27). The number of rotatable bonds is 4. The van der Waals surface area contributed by atoms with Gasteiger partial charge < -0.3 is 10.2 Å². The van der Waals surface area contributed by atoms with Crippen molar-refractivity contribution in [3.63, 3.8) is 0 Å². The van der Waals surface area contributed by atoms with Crippen LogP contribution >= 0.6 is 0 Å². The largest absolute Gasteiger partial charge is 0.366 e. The molecule has 3 aromatic rings. The molecule has 0 unspecified atom stereocenters. The van der Waals surface area contributed by atoms with Crippen molar-refractivity contribution in [3.8, 4) is 11.3 Å². The van der Waals surface area contributed by atoms with Gasteiger partial charge in [-0.3, -0.25) is 9.78 Å². The predicted molar refractivity (Wildman–Crippen MR) is 119 cm³/mol. The molecule has 0 saturated heterocycles. The first-order valence-corrected chi connectivity index (χ1v) is 11.0. The topological polar surface area (TPSA) is 88.8 Å². The summed E-state index contributed by atoms with van der Waals surface area (Å²) < 4.78 is 1.66. The van der Waals surface area contributed by atoms with E-state index in [1.807, 2.05) is 12.1 Å². The Bertz CT molecular complexity index is 1110. The molecule has 1 aliphatic carbocycles. The Morgan fingerprint density at radius 1 is 1.10 bits per heavy atom. The van der Waals surface area contributed by atoms with Crippen LogP contribution in [0.3, 0.4) is 0 Å². The van der Waals surface area contributed by atoms with Crippen LogP contribution in [-0.2, 0) is 13.0 Å². The molecular weight excluding hydrogens is 390 g/mol. The lowest BCUT2D eigenvalue weighted by atomic mass is 9.91. The molecular formula is C23H27N7O. The van der Waals surface area contributed by atoms with Crippen molar-refractivity contribution in [3.05, 3.63) is 64.3 Å². The van der Waals surface area contributed by atoms with Gasteiger partial charge in [-0.1, -0.05) is 0 Å². The van der Waals surface area contributed by atoms with E-state index in [1.54, 1.807) is 29.2 Å². The average Bonchev–Trinajstić information content (AvgIpc) is 2.80. The van der Waals surface area contributed by atoms with Crippen LogP contribution in [0.2, 0.25) is 0 Å². The summed E-state index contributed by atoms with van der Waals surface area (Å²) in [6.45, 7) is 1.96. The van der Waals surface area contributed by atoms with Crippen LogP contribution in [0, 0.1) is 0 Å². The third-order valence-corrected chi connectivity index (χ3v) is 6.31. The average molecular weight is 418 g/mol. The van der Waals surface area contributed by atoms with Crippen LogP contribution in [0.1, 0.15) is 43.0 Å². The first-order valence-electron chi connectivity index (χ1n) is 11.0. The summed E-state index contributed by atoms with van der Waals surface area (Å²) in [6.07, 6.45) is 8.21. The second-order valence-electron chi connectivity index (χ2n) is 8.58. The van der Waals surface area contributed by atoms with Gasteiger partial charge in [0.25, 0.3) is 5.56 Å². The van der Waals surface area contributed by atoms with Gasteiger partial charge in [-0.15, -0.1) is 5.10 Å². The minimum Gasteiger partial charge on any atom is -0.366 e. The van der Waals surface area contributed by atoms with E-state index in [4.69, 9.17) is 0 Å². The monoisotopic (exact) mass is 417 g/mol. The van der Waals surface area contributed by atoms with Gasteiger partial charge in [0.15, 0.2) is 0 Å². The Morgan fingerprint density at radius 2 is 1.97 bits per heavy atom. The van der Waals surface area contributed by atoms with E-state index in [2.05, 4.69) is 43.6 Å². The minimum absolute atomic E-state index is 0.0475. The zero-order chi connectivity index (χ0) is 21.2. The fourth-order valence-corrected chi connectivity index (χ4v) is 4.57. The summed E-state index contributed by atoms with van der Waals surface area (Å²) in [5.74, 6) is 0.853. The summed E-state index contributed by atoms with van der Waals surface area (Å²) in [5, 5.41) is 17.0. The fraction of sp³-hybridized carbons (Fsp3) is 0.435. The number of pyridine rings is 1. The molecule has 8 nitrogen and oxygen atoms in total. The molecule has 1 fully saturated rings. The Balaban J connectivity index is 1.25. The van der Waals surface area contributed by atoms with E-state index < -0.39 is 0 Å². The van der Waals surface area contributed by atoms with E-state index in [0.29, 0.717) is 6.04 Å². The number of aromatic nitrogens is 5. The lowest BCUT2D eigenvalue weighted by Gasteiger charge is -2.30. The van der Waals surface area contributed by atoms with Gasteiger partial charge in [-0.05, 0) is 62.6 Å². The lowest BCUT2D eigenvalue weighted by Crippen LogP contribution is -2.33. The van der Waals surface area contributed by atoms with Crippen molar-refractivity contribution in [1.29, 1.82) is 0 Å². The SMILES string of the molecule is CN1CCc2nnc(NC3CCC(n4nc(-c5cccnc5)ccc4=O)CC3)cc2C1. The van der Waals surface area contributed by atoms with Crippen LogP contribution in [0.25, 0.3) is 11.3 Å². The number of fused-ring (bicyclic) bond motifs is 1. The van der Waals surface area contributed by atoms with Gasteiger partial charge in [0, 0.05) is 49.6 Å². The van der Waals surface area contributed by atoms with E-state index in [9.17, 15) is 4.79 Å². The molecule has 0 bridgehead atoms. The molecule has 0 radical (unpaired) electrons. The zero-order valence-electron chi connectivity index (χ0n) is 17.7. The maximum absolute atomic E-state index is 12.5. The first-order chi connectivity index (χ1) is 15.2. The number of nitrogens with one attached hydrogen (secondary N) is 1. The highest BCUT2D eigenvalue weighted by atomic mass is 16.1. The van der Waals surface area contributed by atoms with Gasteiger partial charge in [0.2, 0.25) is 0 Å². The van der Waals surface area contributed by atoms with E-state index in [0.717, 1.165) is 68.0 Å². The molecule has 1 saturated carbocycles. The zero-order valence-corrected chi connectivity index (χ0v) is 17.7. The second-order valence-corrected chi connectivity index (χ2v) is 8.58. The van der Waals surface area contributed by atoms with Crippen LogP contribution in [-0.4, -0.2) is 49.5 Å². The van der Waals surface area contributed by atoms with Gasteiger partial charge in [-0.25, -0.2) is 4.68 Å². The molecule has 0 aromatic carbocycles. The van der Waals surface area contributed by atoms with Crippen LogP contribution in [0.15, 0.2) is 47.5 Å². The fourth-order valence-electron chi connectivity index (χ4n) is 4.57. The number of anilines is 1. The summed E-state index contributed by atoms with van der Waals surface area (Å²) in [7, 11) is 2.14. The van der Waals surface area contributed by atoms with Crippen molar-refractivity contribution in [2.45, 2.75) is 50.7 Å². The van der Waals surface area contributed by atoms with Crippen LogP contribution < -0.4 is 10.9 Å². The Hall–Kier alpha value is -3.13. The summed E-state index contributed by atoms with van der Waals surface area (Å²) >= 11 is 0. The molecule has 5 rings (SSSR count). The first kappa shape index (κ1) is 19.8. The molecule has 160 valence electrons. The highest BCUT2D eigenvalue weighted by molar-refractivity contribution is 5.56. The molecule has 3 aromatic heterocycles. The normalized spacial score (nSPS) is 21.5. The van der Waals surface area contributed by atoms with Crippen LogP contribution in [0.4, 0.5) is 5.82 Å². The maximum atomic E-state index is 12.5. The van der Waals surface area contributed by atoms with Crippen LogP contribution in [0.5, 0.6) is 0 Å². The molecule has 8 heteroatoms. The van der Waals surface area contributed by atoms with Crippen molar-refractivity contribution in [2.24, 2.45) is 0 Å². The third-order valence-electron chi connectivity index (χ3n) is 6.31. The summed E-state index contributed by atoms with van der Waals surface area (Å²) in [4.78, 5) is 19.0. The van der Waals surface area contributed by atoms with Crippen molar-refractivity contribution >= 4 is 5.82 Å². The molecule has 1 aliphatic heterocycles. The van der Waals surface area contributed by atoms with Gasteiger partial charge in [0.05, 0.1) is 17.4 Å². The molecule has 0 atom stereocenters. The number of hydrogen-bond acceptors (Lipinski definition) is 7.